The molecule has 3 heteroatoms. The van der Waals surface area contributed by atoms with E-state index >= 15 is 0 Å². The normalized spacial score (nSPS) is 25.4. The molecule has 1 aliphatic carbocycles. The molecule has 0 fully saturated rings. The van der Waals surface area contributed by atoms with Crippen molar-refractivity contribution in [1.29, 1.82) is 0 Å². The van der Waals surface area contributed by atoms with E-state index in [1.165, 1.54) is 5.57 Å². The lowest BCUT2D eigenvalue weighted by Crippen LogP contribution is -2.36. The Morgan fingerprint density at radius 3 is 2.78 bits per heavy atom. The average Bonchev–Trinajstić information content (AvgIpc) is 2.37. The standard InChI is InChI=1S/C15H27NO2/c1-5-8-18-15(17)14(16-4)10-13-7-6-11(2)12(3)9-13/h7,11-12,14,16H,5-6,8-10H2,1-4H3. The Labute approximate surface area is 111 Å². The van der Waals surface area contributed by atoms with Crippen LogP contribution in [0, 0.1) is 11.8 Å². The van der Waals surface area contributed by atoms with Gasteiger partial charge in [0.1, 0.15) is 6.04 Å². The van der Waals surface area contributed by atoms with Crippen LogP contribution >= 0.6 is 0 Å². The van der Waals surface area contributed by atoms with E-state index in [9.17, 15) is 4.79 Å². The van der Waals surface area contributed by atoms with E-state index in [0.29, 0.717) is 12.5 Å². The van der Waals surface area contributed by atoms with Gasteiger partial charge >= 0.3 is 5.97 Å². The number of hydrogen-bond acceptors (Lipinski definition) is 3. The number of hydrogen-bond donors (Lipinski definition) is 1. The van der Waals surface area contributed by atoms with Crippen LogP contribution in [0.5, 0.6) is 0 Å². The molecule has 0 aromatic heterocycles. The van der Waals surface area contributed by atoms with E-state index in [4.69, 9.17) is 4.74 Å². The maximum absolute atomic E-state index is 11.8. The summed E-state index contributed by atoms with van der Waals surface area (Å²) in [5.74, 6) is 1.36. The Hall–Kier alpha value is -0.830. The number of carbonyl (C=O) groups is 1. The zero-order valence-electron chi connectivity index (χ0n) is 12.2. The fraction of sp³-hybridized carbons (Fsp3) is 0.800. The van der Waals surface area contributed by atoms with Gasteiger partial charge in [-0.25, -0.2) is 0 Å². The first kappa shape index (κ1) is 15.2. The average molecular weight is 253 g/mol. The quantitative estimate of drug-likeness (QED) is 0.584. The third kappa shape index (κ3) is 4.45. The predicted octanol–water partition coefficient (Wildman–Crippen LogP) is 2.91. The first-order valence-electron chi connectivity index (χ1n) is 7.10. The number of esters is 1. The van der Waals surface area contributed by atoms with E-state index in [-0.39, 0.29) is 12.0 Å². The van der Waals surface area contributed by atoms with Crippen molar-refractivity contribution in [3.8, 4) is 0 Å². The molecule has 0 aliphatic heterocycles. The summed E-state index contributed by atoms with van der Waals surface area (Å²) in [6, 6.07) is -0.191. The number of allylic oxidation sites excluding steroid dienone is 1. The first-order valence-corrected chi connectivity index (χ1v) is 7.10. The monoisotopic (exact) mass is 253 g/mol. The van der Waals surface area contributed by atoms with Gasteiger partial charge in [-0.2, -0.15) is 0 Å². The third-order valence-electron chi connectivity index (χ3n) is 3.88. The number of carbonyl (C=O) groups excluding carboxylic acids is 1. The van der Waals surface area contributed by atoms with E-state index in [1.54, 1.807) is 0 Å². The summed E-state index contributed by atoms with van der Waals surface area (Å²) in [4.78, 5) is 11.8. The second-order valence-corrected chi connectivity index (χ2v) is 5.47. The van der Waals surface area contributed by atoms with Crippen LogP contribution in [0.3, 0.4) is 0 Å². The predicted molar refractivity (Wildman–Crippen MR) is 74.4 cm³/mol. The maximum atomic E-state index is 11.8. The van der Waals surface area contributed by atoms with Gasteiger partial charge in [0, 0.05) is 0 Å². The van der Waals surface area contributed by atoms with Gasteiger partial charge < -0.3 is 10.1 Å². The van der Waals surface area contributed by atoms with Crippen LogP contribution < -0.4 is 5.32 Å². The molecule has 1 rings (SSSR count). The maximum Gasteiger partial charge on any atom is 0.323 e. The number of likely N-dealkylation sites (N-methyl/N-ethyl adjacent to an activating group) is 1. The number of ether oxygens (including phenoxy) is 1. The van der Waals surface area contributed by atoms with Crippen molar-refractivity contribution in [1.82, 2.24) is 5.32 Å². The molecule has 0 aromatic rings. The minimum atomic E-state index is -0.191. The Kier molecular flexibility index (Phi) is 6.41. The molecule has 1 N–H and O–H groups in total. The molecule has 104 valence electrons. The third-order valence-corrected chi connectivity index (χ3v) is 3.88. The topological polar surface area (TPSA) is 38.3 Å². The summed E-state index contributed by atoms with van der Waals surface area (Å²) >= 11 is 0. The minimum Gasteiger partial charge on any atom is -0.465 e. The molecule has 0 radical (unpaired) electrons. The van der Waals surface area contributed by atoms with Crippen molar-refractivity contribution in [2.45, 2.75) is 52.5 Å². The van der Waals surface area contributed by atoms with E-state index in [0.717, 1.165) is 31.6 Å². The van der Waals surface area contributed by atoms with Crippen molar-refractivity contribution < 1.29 is 9.53 Å². The molecule has 3 nitrogen and oxygen atoms in total. The molecular formula is C15H27NO2. The fourth-order valence-electron chi connectivity index (χ4n) is 2.32. The number of rotatable bonds is 6. The second kappa shape index (κ2) is 7.57. The Balaban J connectivity index is 2.50. The number of nitrogens with one attached hydrogen (secondary N) is 1. The lowest BCUT2D eigenvalue weighted by Gasteiger charge is -2.27. The Morgan fingerprint density at radius 1 is 1.50 bits per heavy atom. The fourth-order valence-corrected chi connectivity index (χ4v) is 2.32. The van der Waals surface area contributed by atoms with Crippen LogP contribution in [-0.2, 0) is 9.53 Å². The highest BCUT2D eigenvalue weighted by atomic mass is 16.5. The molecule has 0 aromatic carbocycles. The summed E-state index contributed by atoms with van der Waals surface area (Å²) in [6.45, 7) is 7.11. The first-order chi connectivity index (χ1) is 8.58. The van der Waals surface area contributed by atoms with E-state index < -0.39 is 0 Å². The van der Waals surface area contributed by atoms with Gasteiger partial charge in [0.2, 0.25) is 0 Å². The molecule has 0 heterocycles. The molecular weight excluding hydrogens is 226 g/mol. The van der Waals surface area contributed by atoms with Gasteiger partial charge in [-0.3, -0.25) is 4.79 Å². The van der Waals surface area contributed by atoms with Crippen LogP contribution in [0.25, 0.3) is 0 Å². The lowest BCUT2D eigenvalue weighted by molar-refractivity contribution is -0.146. The van der Waals surface area contributed by atoms with Crippen molar-refractivity contribution in [2.24, 2.45) is 11.8 Å². The van der Waals surface area contributed by atoms with Gasteiger partial charge in [0.05, 0.1) is 6.61 Å². The largest absolute Gasteiger partial charge is 0.465 e. The van der Waals surface area contributed by atoms with Crippen LogP contribution in [0.4, 0.5) is 0 Å². The second-order valence-electron chi connectivity index (χ2n) is 5.47. The molecule has 3 atom stereocenters. The summed E-state index contributed by atoms with van der Waals surface area (Å²) in [5, 5.41) is 3.07. The van der Waals surface area contributed by atoms with Crippen molar-refractivity contribution in [2.75, 3.05) is 13.7 Å². The molecule has 0 saturated carbocycles. The van der Waals surface area contributed by atoms with Gasteiger partial charge in [-0.1, -0.05) is 32.4 Å². The van der Waals surface area contributed by atoms with Crippen LogP contribution in [-0.4, -0.2) is 25.7 Å². The van der Waals surface area contributed by atoms with E-state index in [2.05, 4.69) is 25.2 Å². The molecule has 0 amide bonds. The van der Waals surface area contributed by atoms with Crippen molar-refractivity contribution in [3.05, 3.63) is 11.6 Å². The van der Waals surface area contributed by atoms with Crippen LogP contribution in [0.15, 0.2) is 11.6 Å². The highest BCUT2D eigenvalue weighted by Crippen LogP contribution is 2.30. The molecule has 3 unspecified atom stereocenters. The summed E-state index contributed by atoms with van der Waals surface area (Å²) in [7, 11) is 1.83. The van der Waals surface area contributed by atoms with Gasteiger partial charge in [0.15, 0.2) is 0 Å². The molecule has 18 heavy (non-hydrogen) atoms. The molecule has 0 saturated heterocycles. The molecule has 0 spiro atoms. The van der Waals surface area contributed by atoms with Crippen LogP contribution in [0.1, 0.15) is 46.5 Å². The highest BCUT2D eigenvalue weighted by molar-refractivity contribution is 5.76. The lowest BCUT2D eigenvalue weighted by atomic mass is 9.80. The Morgan fingerprint density at radius 2 is 2.22 bits per heavy atom. The van der Waals surface area contributed by atoms with Gasteiger partial charge in [-0.15, -0.1) is 0 Å². The molecule has 0 bridgehead atoms. The molecule has 1 aliphatic rings. The smallest absolute Gasteiger partial charge is 0.323 e. The zero-order chi connectivity index (χ0) is 13.5. The van der Waals surface area contributed by atoms with Gasteiger partial charge in [-0.05, 0) is 44.6 Å². The zero-order valence-corrected chi connectivity index (χ0v) is 12.2. The van der Waals surface area contributed by atoms with E-state index in [1.807, 2.05) is 14.0 Å². The van der Waals surface area contributed by atoms with Crippen LogP contribution in [0.2, 0.25) is 0 Å². The summed E-state index contributed by atoms with van der Waals surface area (Å²) < 4.78 is 5.21. The van der Waals surface area contributed by atoms with Gasteiger partial charge in [0.25, 0.3) is 0 Å². The van der Waals surface area contributed by atoms with Crippen molar-refractivity contribution in [3.63, 3.8) is 0 Å². The summed E-state index contributed by atoms with van der Waals surface area (Å²) in [5.41, 5.74) is 1.40. The van der Waals surface area contributed by atoms with Crippen molar-refractivity contribution >= 4 is 5.97 Å². The minimum absolute atomic E-state index is 0.119. The highest BCUT2D eigenvalue weighted by Gasteiger charge is 2.23. The SMILES string of the molecule is CCCOC(=O)C(CC1=CCC(C)C(C)C1)NC. The Bertz CT molecular complexity index is 299. The summed E-state index contributed by atoms with van der Waals surface area (Å²) in [6.07, 6.45) is 6.22.